The number of fused-ring (bicyclic) bond motifs is 1. The first-order valence-electron chi connectivity index (χ1n) is 9.50. The summed E-state index contributed by atoms with van der Waals surface area (Å²) < 4.78 is 16.3. The highest BCUT2D eigenvalue weighted by molar-refractivity contribution is 5.88. The lowest BCUT2D eigenvalue weighted by Gasteiger charge is -2.11. The molecule has 0 spiro atoms. The van der Waals surface area contributed by atoms with Crippen LogP contribution in [0.3, 0.4) is 0 Å². The number of aryl methyl sites for hydroxylation is 1. The summed E-state index contributed by atoms with van der Waals surface area (Å²) in [6.07, 6.45) is 6.09. The molecule has 0 amide bonds. The fourth-order valence-electron chi connectivity index (χ4n) is 3.73. The van der Waals surface area contributed by atoms with Crippen LogP contribution in [-0.2, 0) is 6.54 Å². The average Bonchev–Trinajstić information content (AvgIpc) is 3.46. The number of hydrogen-bond acceptors (Lipinski definition) is 1. The number of hydrogen-bond donors (Lipinski definition) is 1. The van der Waals surface area contributed by atoms with Gasteiger partial charge >= 0.3 is 0 Å². The van der Waals surface area contributed by atoms with E-state index >= 15 is 0 Å². The summed E-state index contributed by atoms with van der Waals surface area (Å²) in [6, 6.07) is 15.9. The summed E-state index contributed by atoms with van der Waals surface area (Å²) in [5, 5.41) is 4.53. The Labute approximate surface area is 157 Å². The van der Waals surface area contributed by atoms with Crippen LogP contribution >= 0.6 is 0 Å². The van der Waals surface area contributed by atoms with E-state index in [1.165, 1.54) is 5.39 Å². The predicted octanol–water partition coefficient (Wildman–Crippen LogP) is 5.22. The van der Waals surface area contributed by atoms with E-state index < -0.39 is 0 Å². The number of aromatic amines is 1. The van der Waals surface area contributed by atoms with E-state index in [1.807, 2.05) is 18.2 Å². The zero-order chi connectivity index (χ0) is 18.4. The van der Waals surface area contributed by atoms with Crippen molar-refractivity contribution < 1.29 is 9.07 Å². The summed E-state index contributed by atoms with van der Waals surface area (Å²) in [4.78, 5) is 4.64. The molecule has 0 radical (unpaired) electrons. The molecule has 0 atom stereocenters. The van der Waals surface area contributed by atoms with E-state index in [9.17, 15) is 4.39 Å². The zero-order valence-electron chi connectivity index (χ0n) is 15.2. The van der Waals surface area contributed by atoms with Gasteiger partial charge in [-0.1, -0.05) is 12.1 Å². The smallest absolute Gasteiger partial charge is 0.203 e. The van der Waals surface area contributed by atoms with Crippen LogP contribution in [0.1, 0.15) is 31.2 Å². The van der Waals surface area contributed by atoms with Gasteiger partial charge in [0.15, 0.2) is 6.54 Å². The lowest BCUT2D eigenvalue weighted by molar-refractivity contribution is -0.745. The Hall–Kier alpha value is -3.01. The Morgan fingerprint density at radius 3 is 2.78 bits per heavy atom. The largest absolute Gasteiger partial charge is 0.256 e. The molecule has 0 saturated heterocycles. The van der Waals surface area contributed by atoms with Gasteiger partial charge in [0, 0.05) is 17.3 Å². The van der Waals surface area contributed by atoms with Crippen molar-refractivity contribution in [1.29, 1.82) is 0 Å². The maximum Gasteiger partial charge on any atom is 0.203 e. The van der Waals surface area contributed by atoms with Crippen molar-refractivity contribution in [2.24, 2.45) is 0 Å². The molecule has 4 heteroatoms. The quantitative estimate of drug-likeness (QED) is 0.498. The number of rotatable bonds is 4. The van der Waals surface area contributed by atoms with Crippen LogP contribution in [0.2, 0.25) is 0 Å². The number of nitrogens with one attached hydrogen (secondary N) is 1. The second-order valence-corrected chi connectivity index (χ2v) is 7.24. The Bertz CT molecular complexity index is 1140. The summed E-state index contributed by atoms with van der Waals surface area (Å²) in [6.45, 7) is 3.02. The van der Waals surface area contributed by atoms with Crippen molar-refractivity contribution in [3.05, 3.63) is 72.3 Å². The van der Waals surface area contributed by atoms with E-state index in [2.05, 4.69) is 52.2 Å². The molecule has 1 aliphatic rings. The van der Waals surface area contributed by atoms with Crippen molar-refractivity contribution in [3.63, 3.8) is 0 Å². The molecular formula is C23H21FN3+. The summed E-state index contributed by atoms with van der Waals surface area (Å²) >= 11 is 0. The average molecular weight is 358 g/mol. The highest BCUT2D eigenvalue weighted by Crippen LogP contribution is 2.43. The van der Waals surface area contributed by atoms with Crippen LogP contribution in [0.25, 0.3) is 33.3 Å². The molecule has 134 valence electrons. The minimum absolute atomic E-state index is 0.100. The molecular weight excluding hydrogens is 337 g/mol. The minimum atomic E-state index is -0.100. The third-order valence-corrected chi connectivity index (χ3v) is 5.36. The van der Waals surface area contributed by atoms with Crippen LogP contribution in [0.5, 0.6) is 0 Å². The van der Waals surface area contributed by atoms with E-state index in [1.54, 1.807) is 12.3 Å². The standard InChI is InChI=1S/C23H20FN3/c1-2-27-14-18-12-16(8-10-22(18)26-27)19-4-3-11-25-23(19)17-7-9-21(24)20(13-17)15-5-6-15/h3-4,7-15H,2,5-6H2,1H3/p+1. The lowest BCUT2D eigenvalue weighted by Crippen LogP contribution is -2.32. The SMILES string of the molecule is CC[n+]1cc2cc(-c3cccnc3-c3ccc(F)c(C4CC4)c3)ccc2[nH]1. The second-order valence-electron chi connectivity index (χ2n) is 7.24. The van der Waals surface area contributed by atoms with Crippen LogP contribution in [-0.4, -0.2) is 10.1 Å². The second kappa shape index (κ2) is 6.31. The number of pyridine rings is 1. The number of benzene rings is 2. The van der Waals surface area contributed by atoms with E-state index in [0.717, 1.165) is 52.9 Å². The van der Waals surface area contributed by atoms with Gasteiger partial charge in [0.05, 0.1) is 11.1 Å². The highest BCUT2D eigenvalue weighted by Gasteiger charge is 2.27. The van der Waals surface area contributed by atoms with E-state index in [0.29, 0.717) is 5.92 Å². The lowest BCUT2D eigenvalue weighted by atomic mass is 9.96. The molecule has 0 aliphatic heterocycles. The maximum absolute atomic E-state index is 14.2. The first-order chi connectivity index (χ1) is 13.2. The molecule has 0 bridgehead atoms. The van der Waals surface area contributed by atoms with Crippen LogP contribution in [0.4, 0.5) is 4.39 Å². The number of nitrogens with zero attached hydrogens (tertiary/aromatic N) is 2. The van der Waals surface area contributed by atoms with E-state index in [4.69, 9.17) is 0 Å². The monoisotopic (exact) mass is 358 g/mol. The highest BCUT2D eigenvalue weighted by atomic mass is 19.1. The molecule has 27 heavy (non-hydrogen) atoms. The van der Waals surface area contributed by atoms with Gasteiger partial charge < -0.3 is 0 Å². The summed E-state index contributed by atoms with van der Waals surface area (Å²) in [5.41, 5.74) is 6.00. The molecule has 1 fully saturated rings. The van der Waals surface area contributed by atoms with E-state index in [-0.39, 0.29) is 5.82 Å². The van der Waals surface area contributed by atoms with Crippen molar-refractivity contribution in [1.82, 2.24) is 10.1 Å². The molecule has 5 rings (SSSR count). The van der Waals surface area contributed by atoms with Gasteiger partial charge in [-0.15, -0.1) is 4.68 Å². The van der Waals surface area contributed by atoms with Gasteiger partial charge in [0.1, 0.15) is 11.3 Å². The fraction of sp³-hybridized carbons (Fsp3) is 0.217. The maximum atomic E-state index is 14.2. The van der Waals surface area contributed by atoms with Crippen molar-refractivity contribution in [3.8, 4) is 22.4 Å². The third-order valence-electron chi connectivity index (χ3n) is 5.36. The van der Waals surface area contributed by atoms with Crippen molar-refractivity contribution >= 4 is 10.9 Å². The zero-order valence-corrected chi connectivity index (χ0v) is 15.2. The topological polar surface area (TPSA) is 32.6 Å². The molecule has 0 unspecified atom stereocenters. The number of aromatic nitrogens is 3. The Kier molecular flexibility index (Phi) is 3.78. The number of H-pyrrole nitrogens is 1. The summed E-state index contributed by atoms with van der Waals surface area (Å²) in [5.74, 6) is 0.273. The van der Waals surface area contributed by atoms with Crippen LogP contribution in [0.15, 0.2) is 60.9 Å². The van der Waals surface area contributed by atoms with Gasteiger partial charge in [-0.2, -0.15) is 5.10 Å². The fourth-order valence-corrected chi connectivity index (χ4v) is 3.73. The predicted molar refractivity (Wildman–Crippen MR) is 105 cm³/mol. The van der Waals surface area contributed by atoms with Gasteiger partial charge in [-0.05, 0) is 73.2 Å². The summed E-state index contributed by atoms with van der Waals surface area (Å²) in [7, 11) is 0. The molecule has 1 N–H and O–H groups in total. The number of halogens is 1. The Balaban J connectivity index is 1.63. The first kappa shape index (κ1) is 16.2. The minimum Gasteiger partial charge on any atom is -0.256 e. The van der Waals surface area contributed by atoms with Crippen molar-refractivity contribution in [2.75, 3.05) is 0 Å². The Morgan fingerprint density at radius 2 is 1.96 bits per heavy atom. The third kappa shape index (κ3) is 2.91. The van der Waals surface area contributed by atoms with Gasteiger partial charge in [-0.25, -0.2) is 4.39 Å². The van der Waals surface area contributed by atoms with Crippen LogP contribution in [0, 0.1) is 5.82 Å². The molecule has 1 saturated carbocycles. The Morgan fingerprint density at radius 1 is 1.11 bits per heavy atom. The van der Waals surface area contributed by atoms with Gasteiger partial charge in [0.25, 0.3) is 0 Å². The molecule has 1 aliphatic carbocycles. The van der Waals surface area contributed by atoms with Crippen molar-refractivity contribution in [2.45, 2.75) is 32.2 Å². The normalized spacial score (nSPS) is 14.0. The molecule has 2 heterocycles. The molecule has 4 aromatic rings. The van der Waals surface area contributed by atoms with Gasteiger partial charge in [-0.3, -0.25) is 4.98 Å². The molecule has 2 aromatic carbocycles. The molecule has 3 nitrogen and oxygen atoms in total. The molecule has 2 aromatic heterocycles. The first-order valence-corrected chi connectivity index (χ1v) is 9.50. The van der Waals surface area contributed by atoms with Gasteiger partial charge in [0.2, 0.25) is 6.20 Å². The van der Waals surface area contributed by atoms with Crippen LogP contribution < -0.4 is 4.68 Å².